The maximum Gasteiger partial charge on any atom is 0.222 e. The number of aryl methyl sites for hydroxylation is 1. The number of rotatable bonds is 2. The fraction of sp³-hybridized carbons (Fsp3) is 0.462. The van der Waals surface area contributed by atoms with Crippen LogP contribution in [0.3, 0.4) is 0 Å². The predicted molar refractivity (Wildman–Crippen MR) is 71.9 cm³/mol. The number of hydrogen-bond donors (Lipinski definition) is 1. The molecular formula is C13H18N4O2. The van der Waals surface area contributed by atoms with Crippen molar-refractivity contribution in [2.45, 2.75) is 26.3 Å². The first-order chi connectivity index (χ1) is 8.97. The van der Waals surface area contributed by atoms with Gasteiger partial charge in [-0.05, 0) is 12.8 Å². The first-order valence-corrected chi connectivity index (χ1v) is 6.24. The molecule has 2 heterocycles. The summed E-state index contributed by atoms with van der Waals surface area (Å²) in [5.74, 6) is 0.224. The van der Waals surface area contributed by atoms with Crippen LogP contribution in [0.1, 0.15) is 30.3 Å². The van der Waals surface area contributed by atoms with Gasteiger partial charge in [-0.3, -0.25) is 14.3 Å². The third-order valence-electron chi connectivity index (χ3n) is 2.84. The number of nitrogens with zero attached hydrogens (tertiary/aromatic N) is 3. The molecule has 1 aromatic rings. The second-order valence-electron chi connectivity index (χ2n) is 4.87. The highest BCUT2D eigenvalue weighted by molar-refractivity contribution is 6.08. The standard InChI is InChI=1S/C13H18N4O2/c1-9(18)14-12-7-11-13(19)10(8-16(2)3)5-4-6-17(11)15-12/h7-8H,4-6H2,1-3H3,(H,14,15,18)/b10-8-. The van der Waals surface area contributed by atoms with Crippen molar-refractivity contribution >= 4 is 17.5 Å². The number of carbonyl (C=O) groups is 2. The maximum atomic E-state index is 12.4. The third kappa shape index (κ3) is 3.01. The van der Waals surface area contributed by atoms with Gasteiger partial charge in [-0.1, -0.05) is 0 Å². The lowest BCUT2D eigenvalue weighted by atomic mass is 10.1. The Hall–Kier alpha value is -2.11. The van der Waals surface area contributed by atoms with Crippen molar-refractivity contribution < 1.29 is 9.59 Å². The SMILES string of the molecule is CC(=O)Nc1cc2n(n1)CCC/C(=C/N(C)C)C2=O. The molecule has 0 fully saturated rings. The van der Waals surface area contributed by atoms with E-state index >= 15 is 0 Å². The summed E-state index contributed by atoms with van der Waals surface area (Å²) in [6.45, 7) is 2.11. The third-order valence-corrected chi connectivity index (χ3v) is 2.84. The lowest BCUT2D eigenvalue weighted by molar-refractivity contribution is -0.114. The Morgan fingerprint density at radius 1 is 1.53 bits per heavy atom. The first kappa shape index (κ1) is 13.3. The molecule has 2 rings (SSSR count). The number of allylic oxidation sites excluding steroid dienone is 1. The van der Waals surface area contributed by atoms with E-state index in [1.54, 1.807) is 10.7 Å². The van der Waals surface area contributed by atoms with Crippen molar-refractivity contribution in [3.63, 3.8) is 0 Å². The predicted octanol–water partition coefficient (Wildman–Crippen LogP) is 1.26. The van der Waals surface area contributed by atoms with Crippen molar-refractivity contribution in [2.75, 3.05) is 19.4 Å². The molecule has 19 heavy (non-hydrogen) atoms. The Morgan fingerprint density at radius 3 is 2.89 bits per heavy atom. The molecule has 6 heteroatoms. The Morgan fingerprint density at radius 2 is 2.26 bits per heavy atom. The lowest BCUT2D eigenvalue weighted by Gasteiger charge is -2.08. The number of fused-ring (bicyclic) bond motifs is 1. The van der Waals surface area contributed by atoms with Gasteiger partial charge in [-0.15, -0.1) is 0 Å². The zero-order chi connectivity index (χ0) is 14.0. The molecule has 0 saturated carbocycles. The maximum absolute atomic E-state index is 12.4. The molecule has 1 aromatic heterocycles. The van der Waals surface area contributed by atoms with Crippen molar-refractivity contribution in [2.24, 2.45) is 0 Å². The van der Waals surface area contributed by atoms with E-state index in [4.69, 9.17) is 0 Å². The van der Waals surface area contributed by atoms with Crippen LogP contribution in [-0.4, -0.2) is 40.5 Å². The molecular weight excluding hydrogens is 244 g/mol. The number of Topliss-reactive ketones (excluding diaryl/α,β-unsaturated/α-hetero) is 1. The van der Waals surface area contributed by atoms with Crippen LogP contribution in [0.5, 0.6) is 0 Å². The molecule has 0 radical (unpaired) electrons. The summed E-state index contributed by atoms with van der Waals surface area (Å²) in [6, 6.07) is 1.64. The van der Waals surface area contributed by atoms with Crippen LogP contribution in [0.2, 0.25) is 0 Å². The second-order valence-corrected chi connectivity index (χ2v) is 4.87. The Labute approximate surface area is 112 Å². The number of carbonyl (C=O) groups excluding carboxylic acids is 2. The van der Waals surface area contributed by atoms with Gasteiger partial charge in [0.15, 0.2) is 5.82 Å². The van der Waals surface area contributed by atoms with E-state index in [9.17, 15) is 9.59 Å². The molecule has 6 nitrogen and oxygen atoms in total. The Bertz CT molecular complexity index is 543. The Kier molecular flexibility index (Phi) is 3.69. The number of hydrogen-bond acceptors (Lipinski definition) is 4. The topological polar surface area (TPSA) is 67.2 Å². The largest absolute Gasteiger partial charge is 0.383 e. The highest BCUT2D eigenvalue weighted by Crippen LogP contribution is 2.22. The van der Waals surface area contributed by atoms with Crippen LogP contribution in [0, 0.1) is 0 Å². The normalized spacial score (nSPS) is 17.0. The molecule has 0 saturated heterocycles. The summed E-state index contributed by atoms with van der Waals surface area (Å²) >= 11 is 0. The Balaban J connectivity index is 2.34. The van der Waals surface area contributed by atoms with Crippen LogP contribution >= 0.6 is 0 Å². The first-order valence-electron chi connectivity index (χ1n) is 6.24. The summed E-state index contributed by atoms with van der Waals surface area (Å²) in [7, 11) is 3.79. The number of amides is 1. The highest BCUT2D eigenvalue weighted by Gasteiger charge is 2.22. The minimum Gasteiger partial charge on any atom is -0.383 e. The molecule has 0 bridgehead atoms. The van der Waals surface area contributed by atoms with Crippen LogP contribution in [-0.2, 0) is 11.3 Å². The molecule has 102 valence electrons. The molecule has 0 unspecified atom stereocenters. The van der Waals surface area contributed by atoms with E-state index in [0.29, 0.717) is 18.1 Å². The number of nitrogens with one attached hydrogen (secondary N) is 1. The van der Waals surface area contributed by atoms with E-state index in [0.717, 1.165) is 18.4 Å². The van der Waals surface area contributed by atoms with E-state index < -0.39 is 0 Å². The average Bonchev–Trinajstić information content (AvgIpc) is 2.62. The number of ketones is 1. The van der Waals surface area contributed by atoms with Crippen molar-refractivity contribution in [1.29, 1.82) is 0 Å². The minimum atomic E-state index is -0.190. The smallest absolute Gasteiger partial charge is 0.222 e. The van der Waals surface area contributed by atoms with Gasteiger partial charge in [-0.25, -0.2) is 0 Å². The van der Waals surface area contributed by atoms with Crippen molar-refractivity contribution in [3.05, 3.63) is 23.5 Å². The van der Waals surface area contributed by atoms with Crippen molar-refractivity contribution in [1.82, 2.24) is 14.7 Å². The van der Waals surface area contributed by atoms with Crippen LogP contribution in [0.15, 0.2) is 17.8 Å². The summed E-state index contributed by atoms with van der Waals surface area (Å²) in [5, 5.41) is 6.84. The molecule has 1 amide bonds. The molecule has 0 spiro atoms. The summed E-state index contributed by atoms with van der Waals surface area (Å²) < 4.78 is 1.67. The molecule has 1 aliphatic heterocycles. The quantitative estimate of drug-likeness (QED) is 0.815. The summed E-state index contributed by atoms with van der Waals surface area (Å²) in [6.07, 6.45) is 3.46. The number of aromatic nitrogens is 2. The highest BCUT2D eigenvalue weighted by atomic mass is 16.1. The lowest BCUT2D eigenvalue weighted by Crippen LogP contribution is -2.11. The van der Waals surface area contributed by atoms with E-state index in [-0.39, 0.29) is 11.7 Å². The van der Waals surface area contributed by atoms with Gasteiger partial charge < -0.3 is 10.2 Å². The summed E-state index contributed by atoms with van der Waals surface area (Å²) in [4.78, 5) is 25.3. The van der Waals surface area contributed by atoms with Crippen molar-refractivity contribution in [3.8, 4) is 0 Å². The zero-order valence-electron chi connectivity index (χ0n) is 11.4. The molecule has 1 aliphatic rings. The minimum absolute atomic E-state index is 0.0182. The molecule has 0 atom stereocenters. The van der Waals surface area contributed by atoms with Gasteiger partial charge in [0, 0.05) is 45.4 Å². The van der Waals surface area contributed by atoms with E-state index in [1.165, 1.54) is 6.92 Å². The zero-order valence-corrected chi connectivity index (χ0v) is 11.4. The van der Waals surface area contributed by atoms with Gasteiger partial charge in [0.2, 0.25) is 11.7 Å². The fourth-order valence-corrected chi connectivity index (χ4v) is 2.14. The van der Waals surface area contributed by atoms with Gasteiger partial charge >= 0.3 is 0 Å². The van der Waals surface area contributed by atoms with Gasteiger partial charge in [0.1, 0.15) is 5.69 Å². The number of anilines is 1. The monoisotopic (exact) mass is 262 g/mol. The van der Waals surface area contributed by atoms with Gasteiger partial charge in [0.25, 0.3) is 0 Å². The van der Waals surface area contributed by atoms with E-state index in [2.05, 4.69) is 10.4 Å². The fourth-order valence-electron chi connectivity index (χ4n) is 2.14. The van der Waals surface area contributed by atoms with E-state index in [1.807, 2.05) is 25.2 Å². The second kappa shape index (κ2) is 5.26. The average molecular weight is 262 g/mol. The van der Waals surface area contributed by atoms with Crippen LogP contribution in [0.25, 0.3) is 0 Å². The molecule has 1 N–H and O–H groups in total. The van der Waals surface area contributed by atoms with Gasteiger partial charge in [-0.2, -0.15) is 5.10 Å². The summed E-state index contributed by atoms with van der Waals surface area (Å²) in [5.41, 5.74) is 1.31. The van der Waals surface area contributed by atoms with Crippen LogP contribution < -0.4 is 5.32 Å². The molecule has 0 aliphatic carbocycles. The van der Waals surface area contributed by atoms with Gasteiger partial charge in [0.05, 0.1) is 0 Å². The molecule has 0 aromatic carbocycles. The van der Waals surface area contributed by atoms with Crippen LogP contribution in [0.4, 0.5) is 5.82 Å².